The molecule has 2 aromatic carbocycles. The second kappa shape index (κ2) is 5.60. The fourth-order valence-electron chi connectivity index (χ4n) is 2.90. The maximum absolute atomic E-state index is 12.2. The third kappa shape index (κ3) is 2.40. The van der Waals surface area contributed by atoms with Gasteiger partial charge in [-0.2, -0.15) is 0 Å². The predicted molar refractivity (Wildman–Crippen MR) is 80.6 cm³/mol. The van der Waals surface area contributed by atoms with Crippen LogP contribution in [0.1, 0.15) is 30.9 Å². The minimum Gasteiger partial charge on any atom is -0.466 e. The molecule has 0 radical (unpaired) electrons. The number of rotatable bonds is 3. The van der Waals surface area contributed by atoms with Crippen LogP contribution in [0.4, 0.5) is 0 Å². The Balaban J connectivity index is 2.08. The number of hydrogen-bond donors (Lipinski definition) is 0. The summed E-state index contributed by atoms with van der Waals surface area (Å²) in [5, 5.41) is 0. The molecule has 1 aliphatic heterocycles. The van der Waals surface area contributed by atoms with Gasteiger partial charge in [-0.05, 0) is 19.1 Å². The van der Waals surface area contributed by atoms with Gasteiger partial charge < -0.3 is 9.47 Å². The molecule has 0 bridgehead atoms. The molecule has 0 amide bonds. The van der Waals surface area contributed by atoms with Gasteiger partial charge in [-0.15, -0.1) is 0 Å². The van der Waals surface area contributed by atoms with Crippen molar-refractivity contribution >= 4 is 5.97 Å². The first-order valence-electron chi connectivity index (χ1n) is 7.24. The Morgan fingerprint density at radius 2 is 1.62 bits per heavy atom. The summed E-state index contributed by atoms with van der Waals surface area (Å²) in [5.74, 6) is 1.17. The maximum atomic E-state index is 12.2. The number of carbonyl (C=O) groups excluding carboxylic acids is 1. The monoisotopic (exact) mass is 282 g/mol. The molecule has 3 nitrogen and oxygen atoms in total. The molecule has 2 aromatic rings. The van der Waals surface area contributed by atoms with Gasteiger partial charge in [-0.1, -0.05) is 43.3 Å². The minimum atomic E-state index is -0.254. The second-order valence-corrected chi connectivity index (χ2v) is 5.20. The van der Waals surface area contributed by atoms with Crippen molar-refractivity contribution in [2.75, 3.05) is 6.61 Å². The number of hydrogen-bond acceptors (Lipinski definition) is 3. The number of ether oxygens (including phenoxy) is 2. The number of benzene rings is 2. The highest BCUT2D eigenvalue weighted by atomic mass is 16.5. The molecule has 0 spiro atoms. The van der Waals surface area contributed by atoms with Crippen LogP contribution >= 0.6 is 0 Å². The van der Waals surface area contributed by atoms with Gasteiger partial charge in [0.2, 0.25) is 0 Å². The molecule has 21 heavy (non-hydrogen) atoms. The highest BCUT2D eigenvalue weighted by Gasteiger charge is 2.34. The van der Waals surface area contributed by atoms with Gasteiger partial charge >= 0.3 is 5.97 Å². The minimum absolute atomic E-state index is 0.0369. The Bertz CT molecular complexity index is 618. The number of esters is 1. The zero-order valence-electron chi connectivity index (χ0n) is 12.2. The molecular weight excluding hydrogens is 264 g/mol. The van der Waals surface area contributed by atoms with E-state index < -0.39 is 0 Å². The van der Waals surface area contributed by atoms with Crippen LogP contribution in [-0.4, -0.2) is 12.6 Å². The summed E-state index contributed by atoms with van der Waals surface area (Å²) in [6, 6.07) is 15.8. The van der Waals surface area contributed by atoms with Crippen LogP contribution in [0.5, 0.6) is 11.5 Å². The Hall–Kier alpha value is -2.29. The highest BCUT2D eigenvalue weighted by molar-refractivity contribution is 5.75. The third-order valence-corrected chi connectivity index (χ3v) is 3.89. The Morgan fingerprint density at radius 1 is 1.10 bits per heavy atom. The summed E-state index contributed by atoms with van der Waals surface area (Å²) < 4.78 is 11.2. The van der Waals surface area contributed by atoms with E-state index in [1.165, 1.54) is 0 Å². The second-order valence-electron chi connectivity index (χ2n) is 5.20. The first kappa shape index (κ1) is 13.7. The van der Waals surface area contributed by atoms with Gasteiger partial charge in [0.1, 0.15) is 11.5 Å². The molecule has 0 saturated heterocycles. The summed E-state index contributed by atoms with van der Waals surface area (Å²) in [7, 11) is 0. The lowest BCUT2D eigenvalue weighted by Crippen LogP contribution is -2.25. The zero-order valence-corrected chi connectivity index (χ0v) is 12.2. The molecule has 0 aromatic heterocycles. The standard InChI is InChI=1S/C18H18O3/c1-3-20-18(19)12(2)17-13-8-4-6-10-15(13)21-16-11-7-5-9-14(16)17/h4-12,17H,3H2,1-2H3. The van der Waals surface area contributed by atoms with Crippen molar-refractivity contribution in [1.82, 2.24) is 0 Å². The maximum Gasteiger partial charge on any atom is 0.309 e. The average Bonchev–Trinajstić information content (AvgIpc) is 2.52. The van der Waals surface area contributed by atoms with Crippen molar-refractivity contribution in [3.8, 4) is 11.5 Å². The van der Waals surface area contributed by atoms with E-state index in [1.54, 1.807) is 0 Å². The number of fused-ring (bicyclic) bond motifs is 2. The van der Waals surface area contributed by atoms with Crippen LogP contribution in [0.25, 0.3) is 0 Å². The Morgan fingerprint density at radius 3 is 2.14 bits per heavy atom. The van der Waals surface area contributed by atoms with Crippen molar-refractivity contribution in [2.45, 2.75) is 19.8 Å². The zero-order chi connectivity index (χ0) is 14.8. The van der Waals surface area contributed by atoms with Gasteiger partial charge in [0.15, 0.2) is 0 Å². The quantitative estimate of drug-likeness (QED) is 0.794. The van der Waals surface area contributed by atoms with Crippen LogP contribution in [0.15, 0.2) is 48.5 Å². The molecule has 3 heteroatoms. The molecule has 0 N–H and O–H groups in total. The van der Waals surface area contributed by atoms with E-state index in [9.17, 15) is 4.79 Å². The molecule has 1 atom stereocenters. The topological polar surface area (TPSA) is 35.5 Å². The molecule has 3 rings (SSSR count). The number of carbonyl (C=O) groups is 1. The summed E-state index contributed by atoms with van der Waals surface area (Å²) >= 11 is 0. The average molecular weight is 282 g/mol. The lowest BCUT2D eigenvalue weighted by atomic mass is 9.79. The summed E-state index contributed by atoms with van der Waals surface area (Å²) in [4.78, 5) is 12.2. The van der Waals surface area contributed by atoms with Crippen molar-refractivity contribution in [3.05, 3.63) is 59.7 Å². The van der Waals surface area contributed by atoms with Crippen molar-refractivity contribution < 1.29 is 14.3 Å². The van der Waals surface area contributed by atoms with Gasteiger partial charge in [0.25, 0.3) is 0 Å². The Labute approximate surface area is 124 Å². The van der Waals surface area contributed by atoms with Crippen molar-refractivity contribution in [2.24, 2.45) is 5.92 Å². The fraction of sp³-hybridized carbons (Fsp3) is 0.278. The van der Waals surface area contributed by atoms with Crippen LogP contribution in [0.2, 0.25) is 0 Å². The van der Waals surface area contributed by atoms with E-state index in [0.717, 1.165) is 22.6 Å². The third-order valence-electron chi connectivity index (χ3n) is 3.89. The molecule has 0 fully saturated rings. The summed E-state index contributed by atoms with van der Waals surface area (Å²) in [6.07, 6.45) is 0. The van der Waals surface area contributed by atoms with E-state index in [0.29, 0.717) is 6.61 Å². The highest BCUT2D eigenvalue weighted by Crippen LogP contribution is 2.47. The number of para-hydroxylation sites is 2. The van der Waals surface area contributed by atoms with E-state index in [1.807, 2.05) is 62.4 Å². The van der Waals surface area contributed by atoms with Crippen molar-refractivity contribution in [1.29, 1.82) is 0 Å². The van der Waals surface area contributed by atoms with E-state index in [-0.39, 0.29) is 17.8 Å². The van der Waals surface area contributed by atoms with Crippen LogP contribution in [0, 0.1) is 5.92 Å². The van der Waals surface area contributed by atoms with Gasteiger partial charge in [-0.3, -0.25) is 4.79 Å². The van der Waals surface area contributed by atoms with Crippen molar-refractivity contribution in [3.63, 3.8) is 0 Å². The lowest BCUT2D eigenvalue weighted by Gasteiger charge is -2.31. The SMILES string of the molecule is CCOC(=O)C(C)C1c2ccccc2Oc2ccccc21. The molecule has 0 aliphatic carbocycles. The Kier molecular flexibility index (Phi) is 3.65. The molecular formula is C18H18O3. The van der Waals surface area contributed by atoms with Gasteiger partial charge in [-0.25, -0.2) is 0 Å². The lowest BCUT2D eigenvalue weighted by molar-refractivity contribution is -0.147. The van der Waals surface area contributed by atoms with Crippen LogP contribution < -0.4 is 4.74 Å². The first-order chi connectivity index (χ1) is 10.2. The smallest absolute Gasteiger partial charge is 0.309 e. The molecule has 1 unspecified atom stereocenters. The molecule has 108 valence electrons. The summed E-state index contributed by atoms with van der Waals surface area (Å²) in [6.45, 7) is 4.15. The van der Waals surface area contributed by atoms with Crippen LogP contribution in [0.3, 0.4) is 0 Å². The van der Waals surface area contributed by atoms with E-state index >= 15 is 0 Å². The normalized spacial score (nSPS) is 14.6. The molecule has 1 aliphatic rings. The first-order valence-corrected chi connectivity index (χ1v) is 7.24. The summed E-state index contributed by atoms with van der Waals surface area (Å²) in [5.41, 5.74) is 2.08. The van der Waals surface area contributed by atoms with Gasteiger partial charge in [0.05, 0.1) is 12.5 Å². The van der Waals surface area contributed by atoms with Crippen LogP contribution in [-0.2, 0) is 9.53 Å². The predicted octanol–water partition coefficient (Wildman–Crippen LogP) is 4.12. The van der Waals surface area contributed by atoms with E-state index in [4.69, 9.17) is 9.47 Å². The largest absolute Gasteiger partial charge is 0.466 e. The molecule has 1 heterocycles. The fourth-order valence-corrected chi connectivity index (χ4v) is 2.90. The van der Waals surface area contributed by atoms with Gasteiger partial charge in [0, 0.05) is 17.0 Å². The molecule has 0 saturated carbocycles. The van der Waals surface area contributed by atoms with E-state index in [2.05, 4.69) is 0 Å².